The van der Waals surface area contributed by atoms with E-state index in [1.54, 1.807) is 11.8 Å². The van der Waals surface area contributed by atoms with Gasteiger partial charge < -0.3 is 5.11 Å². The smallest absolute Gasteiger partial charge is 0.224 e. The number of rotatable bonds is 16. The van der Waals surface area contributed by atoms with Crippen LogP contribution in [0.2, 0.25) is 0 Å². The van der Waals surface area contributed by atoms with Crippen molar-refractivity contribution in [1.29, 1.82) is 0 Å². The zero-order valence-corrected chi connectivity index (χ0v) is 26.1. The minimum Gasteiger partial charge on any atom is -0.393 e. The Bertz CT molecular complexity index is 998. The second-order valence-electron chi connectivity index (χ2n) is 12.3. The van der Waals surface area contributed by atoms with Crippen molar-refractivity contribution in [2.75, 3.05) is 4.90 Å². The molecule has 0 aromatic heterocycles. The number of benzene rings is 1. The highest BCUT2D eigenvalue weighted by Crippen LogP contribution is 2.39. The number of carbonyl (C=O) groups is 2. The van der Waals surface area contributed by atoms with Gasteiger partial charge in [0.25, 0.3) is 0 Å². The molecular weight excluding hydrogens is 482 g/mol. The minimum absolute atomic E-state index is 0. The fraction of sp³-hybridized carbons (Fsp3) is 0.657. The number of nitrogens with zero attached hydrogens (tertiary/aromatic N) is 1. The van der Waals surface area contributed by atoms with E-state index >= 15 is 0 Å². The van der Waals surface area contributed by atoms with Crippen molar-refractivity contribution in [3.05, 3.63) is 52.6 Å². The summed E-state index contributed by atoms with van der Waals surface area (Å²) in [5, 5.41) is 11.3. The number of allylic oxidation sites excluding steroid dienone is 3. The van der Waals surface area contributed by atoms with Crippen molar-refractivity contribution in [2.24, 2.45) is 11.8 Å². The fourth-order valence-electron chi connectivity index (χ4n) is 6.30. The monoisotopic (exact) mass is 539 g/mol. The summed E-state index contributed by atoms with van der Waals surface area (Å²) in [5.74, 6) is 0.851. The molecule has 1 aromatic rings. The zero-order chi connectivity index (χ0) is 29.2. The Balaban J connectivity index is 0.00000800. The molecule has 1 atom stereocenters. The lowest BCUT2D eigenvalue weighted by molar-refractivity contribution is -0.129. The number of aliphatic hydroxyl groups is 1. The summed E-state index contributed by atoms with van der Waals surface area (Å²) in [6, 6.07) is 7.95. The molecule has 2 rings (SSSR count). The van der Waals surface area contributed by atoms with E-state index < -0.39 is 11.6 Å². The van der Waals surface area contributed by atoms with E-state index in [1.807, 2.05) is 31.2 Å². The van der Waals surface area contributed by atoms with Gasteiger partial charge in [0.15, 0.2) is 5.78 Å². The Morgan fingerprint density at radius 3 is 2.08 bits per heavy atom. The van der Waals surface area contributed by atoms with Crippen molar-refractivity contribution >= 4 is 17.4 Å². The predicted molar refractivity (Wildman–Crippen MR) is 167 cm³/mol. The van der Waals surface area contributed by atoms with E-state index in [2.05, 4.69) is 47.6 Å². The van der Waals surface area contributed by atoms with Crippen LogP contribution in [-0.2, 0) is 9.59 Å². The Labute approximate surface area is 240 Å². The van der Waals surface area contributed by atoms with Crippen LogP contribution in [0.5, 0.6) is 0 Å². The van der Waals surface area contributed by atoms with Gasteiger partial charge in [-0.25, -0.2) is 0 Å². The lowest BCUT2D eigenvalue weighted by Gasteiger charge is -2.43. The number of carbonyl (C=O) groups excluding carboxylic acids is 2. The maximum atomic E-state index is 14.3. The molecule has 0 fully saturated rings. The predicted octanol–water partition coefficient (Wildman–Crippen LogP) is 9.14. The summed E-state index contributed by atoms with van der Waals surface area (Å²) in [7, 11) is 0. The fourth-order valence-corrected chi connectivity index (χ4v) is 6.30. The molecule has 0 heterocycles. The third-order valence-corrected chi connectivity index (χ3v) is 8.42. The van der Waals surface area contributed by atoms with Gasteiger partial charge in [-0.05, 0) is 80.6 Å². The largest absolute Gasteiger partial charge is 0.393 e. The molecule has 0 spiro atoms. The molecular formula is C35H57NO3. The summed E-state index contributed by atoms with van der Waals surface area (Å²) in [4.78, 5) is 29.3. The molecule has 220 valence electrons. The van der Waals surface area contributed by atoms with Gasteiger partial charge in [-0.3, -0.25) is 14.5 Å². The van der Waals surface area contributed by atoms with Crippen molar-refractivity contribution in [2.45, 2.75) is 138 Å². The summed E-state index contributed by atoms with van der Waals surface area (Å²) in [6.45, 7) is 16.8. The number of hydrogen-bond acceptors (Lipinski definition) is 3. The standard InChI is InChI=1S/C35H55NO3.H2/c1-9-11-22-35(23-12-10-2,36(28(8)37)29-18-16-27(7)17-19-29)34(39)21-20-30(38)24-33-31(25(3)4)14-13-15-32(33)26(5)6;/h14,16-19,25-26,30,38H,9-13,15,20-24H2,1-8H3;1H. The normalized spacial score (nSPS) is 15.1. The SMILES string of the molecule is CCCCC(CCCC)(C(=O)CCC(O)CC1=C(C(C)C)CCC=C1C(C)C)N(C(C)=O)c1ccc(C)cc1.[HH]. The van der Waals surface area contributed by atoms with Crippen molar-refractivity contribution < 1.29 is 16.1 Å². The molecule has 0 saturated carbocycles. The molecule has 1 aromatic carbocycles. The molecule has 4 heteroatoms. The van der Waals surface area contributed by atoms with Crippen molar-refractivity contribution in [3.8, 4) is 0 Å². The second-order valence-corrected chi connectivity index (χ2v) is 12.3. The van der Waals surface area contributed by atoms with Crippen molar-refractivity contribution in [1.82, 2.24) is 0 Å². The van der Waals surface area contributed by atoms with Crippen LogP contribution in [-0.4, -0.2) is 28.4 Å². The molecule has 1 N–H and O–H groups in total. The van der Waals surface area contributed by atoms with Gasteiger partial charge in [-0.2, -0.15) is 0 Å². The highest BCUT2D eigenvalue weighted by atomic mass is 16.3. The van der Waals surface area contributed by atoms with Crippen LogP contribution in [0.3, 0.4) is 0 Å². The number of aliphatic hydroxyl groups excluding tert-OH is 1. The number of amides is 1. The molecule has 0 bridgehead atoms. The second kappa shape index (κ2) is 15.6. The van der Waals surface area contributed by atoms with E-state index in [4.69, 9.17) is 0 Å². The highest BCUT2D eigenvalue weighted by molar-refractivity contribution is 6.03. The van der Waals surface area contributed by atoms with Crippen LogP contribution >= 0.6 is 0 Å². The third-order valence-electron chi connectivity index (χ3n) is 8.42. The molecule has 1 aliphatic rings. The van der Waals surface area contributed by atoms with Crippen LogP contribution in [0.4, 0.5) is 5.69 Å². The molecule has 39 heavy (non-hydrogen) atoms. The minimum atomic E-state index is -0.886. The number of aryl methyl sites for hydroxylation is 1. The number of anilines is 1. The Morgan fingerprint density at radius 1 is 1.00 bits per heavy atom. The van der Waals surface area contributed by atoms with E-state index in [0.717, 1.165) is 49.8 Å². The Morgan fingerprint density at radius 2 is 1.59 bits per heavy atom. The highest BCUT2D eigenvalue weighted by Gasteiger charge is 2.44. The third kappa shape index (κ3) is 8.64. The number of unbranched alkanes of at least 4 members (excludes halogenated alkanes) is 2. The molecule has 1 amide bonds. The van der Waals surface area contributed by atoms with Crippen LogP contribution < -0.4 is 4.90 Å². The average molecular weight is 540 g/mol. The summed E-state index contributed by atoms with van der Waals surface area (Å²) < 4.78 is 0. The van der Waals surface area contributed by atoms with Gasteiger partial charge >= 0.3 is 0 Å². The average Bonchev–Trinajstić information content (AvgIpc) is 2.89. The van der Waals surface area contributed by atoms with Crippen molar-refractivity contribution in [3.63, 3.8) is 0 Å². The Kier molecular flexibility index (Phi) is 13.2. The maximum Gasteiger partial charge on any atom is 0.224 e. The molecule has 0 radical (unpaired) electrons. The first kappa shape index (κ1) is 33.0. The lowest BCUT2D eigenvalue weighted by Crippen LogP contribution is -2.57. The summed E-state index contributed by atoms with van der Waals surface area (Å²) in [5.41, 5.74) is 5.14. The topological polar surface area (TPSA) is 57.6 Å². The van der Waals surface area contributed by atoms with Crippen LogP contribution in [0.25, 0.3) is 0 Å². The summed E-state index contributed by atoms with van der Waals surface area (Å²) >= 11 is 0. The van der Waals surface area contributed by atoms with E-state index in [9.17, 15) is 14.7 Å². The quantitative estimate of drug-likeness (QED) is 0.228. The molecule has 1 aliphatic carbocycles. The maximum absolute atomic E-state index is 14.3. The van der Waals surface area contributed by atoms with E-state index in [0.29, 0.717) is 37.5 Å². The van der Waals surface area contributed by atoms with Crippen LogP contribution in [0, 0.1) is 18.8 Å². The first-order chi connectivity index (χ1) is 18.5. The van der Waals surface area contributed by atoms with E-state index in [1.165, 1.54) is 16.7 Å². The first-order valence-corrected chi connectivity index (χ1v) is 15.5. The molecule has 1 unspecified atom stereocenters. The number of ketones is 1. The van der Waals surface area contributed by atoms with Gasteiger partial charge in [0.05, 0.1) is 6.10 Å². The molecule has 0 aliphatic heterocycles. The van der Waals surface area contributed by atoms with E-state index in [-0.39, 0.29) is 19.5 Å². The van der Waals surface area contributed by atoms with Gasteiger partial charge in [-0.1, -0.05) is 96.6 Å². The summed E-state index contributed by atoms with van der Waals surface area (Å²) in [6.07, 6.45) is 10.1. The number of Topliss-reactive ketones (excluding diaryl/α,β-unsaturated/α-hetero) is 1. The van der Waals surface area contributed by atoms with Gasteiger partial charge in [-0.15, -0.1) is 0 Å². The van der Waals surface area contributed by atoms with Gasteiger partial charge in [0, 0.05) is 20.5 Å². The van der Waals surface area contributed by atoms with Crippen LogP contribution in [0.15, 0.2) is 47.1 Å². The number of hydrogen-bond donors (Lipinski definition) is 1. The van der Waals surface area contributed by atoms with Gasteiger partial charge in [0.2, 0.25) is 5.91 Å². The Hall–Kier alpha value is -2.20. The first-order valence-electron chi connectivity index (χ1n) is 15.5. The molecule has 4 nitrogen and oxygen atoms in total. The zero-order valence-electron chi connectivity index (χ0n) is 26.1. The van der Waals surface area contributed by atoms with Gasteiger partial charge in [0.1, 0.15) is 5.54 Å². The molecule has 0 saturated heterocycles. The lowest BCUT2D eigenvalue weighted by atomic mass is 9.77. The van der Waals surface area contributed by atoms with Crippen LogP contribution in [0.1, 0.15) is 126 Å².